The third-order valence-corrected chi connectivity index (χ3v) is 4.15. The van der Waals surface area contributed by atoms with Crippen molar-refractivity contribution in [3.05, 3.63) is 69.6 Å². The first-order valence-corrected chi connectivity index (χ1v) is 8.08. The molecule has 120 valence electrons. The molecule has 5 nitrogen and oxygen atoms in total. The van der Waals surface area contributed by atoms with Crippen LogP contribution in [-0.2, 0) is 4.79 Å². The van der Waals surface area contributed by atoms with Crippen LogP contribution in [0.3, 0.4) is 0 Å². The number of thioether (sulfide) groups is 1. The second-order valence-electron chi connectivity index (χ2n) is 4.87. The van der Waals surface area contributed by atoms with Crippen LogP contribution in [0.25, 0.3) is 6.08 Å². The summed E-state index contributed by atoms with van der Waals surface area (Å²) in [5, 5.41) is 10.4. The second-order valence-corrected chi connectivity index (χ2v) is 6.35. The number of carbonyl (C=O) groups is 2. The van der Waals surface area contributed by atoms with E-state index in [0.29, 0.717) is 26.8 Å². The Hall–Kier alpha value is -2.57. The fourth-order valence-corrected chi connectivity index (χ4v) is 2.93. The molecule has 7 heteroatoms. The summed E-state index contributed by atoms with van der Waals surface area (Å²) in [7, 11) is 0. The van der Waals surface area contributed by atoms with Crippen molar-refractivity contribution in [1.29, 1.82) is 5.41 Å². The Labute approximate surface area is 147 Å². The largest absolute Gasteiger partial charge is 0.423 e. The highest BCUT2D eigenvalue weighted by molar-refractivity contribution is 8.18. The standard InChI is InChI=1S/C17H11ClN2O3S/c18-12-5-2-4-11(9-12)16(22)23-13-6-1-3-10(7-13)8-14-15(21)20-17(19)24-14/h1-9H,(H2,19,20,21)/b14-8-. The molecule has 2 N–H and O–H groups in total. The van der Waals surface area contributed by atoms with Crippen LogP contribution in [0.4, 0.5) is 0 Å². The number of nitrogens with one attached hydrogen (secondary N) is 2. The lowest BCUT2D eigenvalue weighted by Crippen LogP contribution is -2.18. The smallest absolute Gasteiger partial charge is 0.343 e. The lowest BCUT2D eigenvalue weighted by atomic mass is 10.2. The Kier molecular flexibility index (Phi) is 4.69. The van der Waals surface area contributed by atoms with Crippen LogP contribution in [-0.4, -0.2) is 17.0 Å². The highest BCUT2D eigenvalue weighted by Gasteiger charge is 2.22. The summed E-state index contributed by atoms with van der Waals surface area (Å²) < 4.78 is 5.33. The lowest BCUT2D eigenvalue weighted by molar-refractivity contribution is -0.115. The first-order chi connectivity index (χ1) is 11.5. The molecule has 0 unspecified atom stereocenters. The van der Waals surface area contributed by atoms with Gasteiger partial charge in [-0.2, -0.15) is 0 Å². The van der Waals surface area contributed by atoms with E-state index in [4.69, 9.17) is 21.7 Å². The van der Waals surface area contributed by atoms with E-state index in [1.165, 1.54) is 6.07 Å². The highest BCUT2D eigenvalue weighted by Crippen LogP contribution is 2.26. The van der Waals surface area contributed by atoms with Gasteiger partial charge in [0.1, 0.15) is 5.75 Å². The Balaban J connectivity index is 1.78. The zero-order chi connectivity index (χ0) is 17.1. The number of carbonyl (C=O) groups excluding carboxylic acids is 2. The summed E-state index contributed by atoms with van der Waals surface area (Å²) >= 11 is 6.91. The molecule has 3 rings (SSSR count). The van der Waals surface area contributed by atoms with Crippen molar-refractivity contribution >= 4 is 46.5 Å². The van der Waals surface area contributed by atoms with Gasteiger partial charge in [-0.25, -0.2) is 4.79 Å². The zero-order valence-corrected chi connectivity index (χ0v) is 13.8. The topological polar surface area (TPSA) is 79.2 Å². The van der Waals surface area contributed by atoms with E-state index in [-0.39, 0.29) is 11.1 Å². The number of halogens is 1. The Morgan fingerprint density at radius 1 is 1.21 bits per heavy atom. The molecule has 1 aliphatic heterocycles. The molecule has 1 amide bonds. The number of esters is 1. The fraction of sp³-hybridized carbons (Fsp3) is 0. The Morgan fingerprint density at radius 2 is 2.00 bits per heavy atom. The SMILES string of the molecule is N=C1NC(=O)/C(=C/c2cccc(OC(=O)c3cccc(Cl)c3)c2)S1. The number of ether oxygens (including phenoxy) is 1. The molecular formula is C17H11ClN2O3S. The van der Waals surface area contributed by atoms with E-state index in [1.54, 1.807) is 48.5 Å². The molecule has 0 radical (unpaired) electrons. The van der Waals surface area contributed by atoms with Gasteiger partial charge in [0.2, 0.25) is 0 Å². The van der Waals surface area contributed by atoms with Gasteiger partial charge in [0, 0.05) is 5.02 Å². The Morgan fingerprint density at radius 3 is 2.71 bits per heavy atom. The number of rotatable bonds is 3. The molecule has 0 saturated carbocycles. The maximum Gasteiger partial charge on any atom is 0.343 e. The third-order valence-electron chi connectivity index (χ3n) is 3.09. The van der Waals surface area contributed by atoms with Crippen molar-refractivity contribution < 1.29 is 14.3 Å². The van der Waals surface area contributed by atoms with E-state index in [2.05, 4.69) is 5.32 Å². The quantitative estimate of drug-likeness (QED) is 0.498. The number of amidine groups is 1. The summed E-state index contributed by atoms with van der Waals surface area (Å²) in [6, 6.07) is 13.3. The molecule has 2 aromatic rings. The van der Waals surface area contributed by atoms with Gasteiger partial charge in [-0.3, -0.25) is 10.2 Å². The normalized spacial score (nSPS) is 15.5. The third kappa shape index (κ3) is 3.84. The summed E-state index contributed by atoms with van der Waals surface area (Å²) in [6.45, 7) is 0. The minimum absolute atomic E-state index is 0.0924. The van der Waals surface area contributed by atoms with Gasteiger partial charge in [-0.05, 0) is 53.7 Å². The van der Waals surface area contributed by atoms with E-state index < -0.39 is 5.97 Å². The van der Waals surface area contributed by atoms with Crippen LogP contribution in [0.15, 0.2) is 53.4 Å². The van der Waals surface area contributed by atoms with Crippen molar-refractivity contribution in [2.24, 2.45) is 0 Å². The fourth-order valence-electron chi connectivity index (χ4n) is 2.04. The van der Waals surface area contributed by atoms with E-state index in [1.807, 2.05) is 0 Å². The van der Waals surface area contributed by atoms with E-state index in [0.717, 1.165) is 11.8 Å². The maximum atomic E-state index is 12.1. The molecule has 1 fully saturated rings. The van der Waals surface area contributed by atoms with Gasteiger partial charge in [0.15, 0.2) is 5.17 Å². The van der Waals surface area contributed by atoms with Gasteiger partial charge in [0.05, 0.1) is 10.5 Å². The van der Waals surface area contributed by atoms with Crippen LogP contribution in [0.5, 0.6) is 5.75 Å². The summed E-state index contributed by atoms with van der Waals surface area (Å²) in [6.07, 6.45) is 1.64. The monoisotopic (exact) mass is 358 g/mol. The number of amides is 1. The molecule has 24 heavy (non-hydrogen) atoms. The van der Waals surface area contributed by atoms with Crippen molar-refractivity contribution in [3.8, 4) is 5.75 Å². The average molecular weight is 359 g/mol. The van der Waals surface area contributed by atoms with Gasteiger partial charge in [-0.1, -0.05) is 29.8 Å². The molecule has 0 spiro atoms. The first-order valence-electron chi connectivity index (χ1n) is 6.88. The summed E-state index contributed by atoms with van der Waals surface area (Å²) in [5.74, 6) is -0.476. The van der Waals surface area contributed by atoms with Crippen molar-refractivity contribution in [2.45, 2.75) is 0 Å². The molecule has 0 bridgehead atoms. The van der Waals surface area contributed by atoms with Crippen molar-refractivity contribution in [2.75, 3.05) is 0 Å². The Bertz CT molecular complexity index is 880. The van der Waals surface area contributed by atoms with Crippen LogP contribution < -0.4 is 10.1 Å². The zero-order valence-electron chi connectivity index (χ0n) is 12.2. The molecule has 1 saturated heterocycles. The number of hydrogen-bond acceptors (Lipinski definition) is 5. The molecule has 1 aliphatic rings. The van der Waals surface area contributed by atoms with Crippen LogP contribution in [0.2, 0.25) is 5.02 Å². The van der Waals surface area contributed by atoms with E-state index in [9.17, 15) is 9.59 Å². The van der Waals surface area contributed by atoms with Gasteiger partial charge in [0.25, 0.3) is 5.91 Å². The second kappa shape index (κ2) is 6.90. The van der Waals surface area contributed by atoms with Crippen molar-refractivity contribution in [3.63, 3.8) is 0 Å². The molecule has 0 aliphatic carbocycles. The summed E-state index contributed by atoms with van der Waals surface area (Å²) in [4.78, 5) is 24.2. The predicted molar refractivity (Wildman–Crippen MR) is 94.3 cm³/mol. The molecule has 0 atom stereocenters. The molecule has 0 aromatic heterocycles. The average Bonchev–Trinajstić information content (AvgIpc) is 2.85. The minimum atomic E-state index is -0.517. The minimum Gasteiger partial charge on any atom is -0.423 e. The highest BCUT2D eigenvalue weighted by atomic mass is 35.5. The predicted octanol–water partition coefficient (Wildman–Crippen LogP) is 3.70. The van der Waals surface area contributed by atoms with E-state index >= 15 is 0 Å². The van der Waals surface area contributed by atoms with Crippen LogP contribution in [0.1, 0.15) is 15.9 Å². The van der Waals surface area contributed by atoms with Gasteiger partial charge >= 0.3 is 5.97 Å². The van der Waals surface area contributed by atoms with Gasteiger partial charge in [-0.15, -0.1) is 0 Å². The molecule has 1 heterocycles. The summed E-state index contributed by atoms with van der Waals surface area (Å²) in [5.41, 5.74) is 1.05. The number of benzene rings is 2. The molecular weight excluding hydrogens is 348 g/mol. The lowest BCUT2D eigenvalue weighted by Gasteiger charge is -2.05. The van der Waals surface area contributed by atoms with Gasteiger partial charge < -0.3 is 10.1 Å². The van der Waals surface area contributed by atoms with Crippen LogP contribution >= 0.6 is 23.4 Å². The molecule has 2 aromatic carbocycles. The maximum absolute atomic E-state index is 12.1. The van der Waals surface area contributed by atoms with Crippen molar-refractivity contribution in [1.82, 2.24) is 5.32 Å². The number of hydrogen-bond donors (Lipinski definition) is 2. The van der Waals surface area contributed by atoms with Crippen LogP contribution in [0, 0.1) is 5.41 Å². The first kappa shape index (κ1) is 16.3.